The van der Waals surface area contributed by atoms with Crippen molar-refractivity contribution in [3.8, 4) is 5.69 Å². The van der Waals surface area contributed by atoms with Crippen molar-refractivity contribution in [3.05, 3.63) is 47.5 Å². The van der Waals surface area contributed by atoms with Crippen LogP contribution in [0.5, 0.6) is 0 Å². The lowest BCUT2D eigenvalue weighted by molar-refractivity contribution is 0.0947. The van der Waals surface area contributed by atoms with Crippen LogP contribution in [0.15, 0.2) is 30.5 Å². The summed E-state index contributed by atoms with van der Waals surface area (Å²) in [7, 11) is 0. The molecule has 0 bridgehead atoms. The molecular weight excluding hydrogens is 319 g/mol. The van der Waals surface area contributed by atoms with Crippen LogP contribution in [0, 0.1) is 11.7 Å². The van der Waals surface area contributed by atoms with Gasteiger partial charge in [-0.2, -0.15) is 5.10 Å². The summed E-state index contributed by atoms with van der Waals surface area (Å²) in [5.74, 6) is -0.241. The van der Waals surface area contributed by atoms with Crippen LogP contribution in [0.1, 0.15) is 29.9 Å². The van der Waals surface area contributed by atoms with Gasteiger partial charge >= 0.3 is 0 Å². The highest BCUT2D eigenvalue weighted by Gasteiger charge is 2.17. The van der Waals surface area contributed by atoms with Crippen LogP contribution < -0.4 is 11.1 Å². The summed E-state index contributed by atoms with van der Waals surface area (Å²) in [5.41, 5.74) is 7.61. The number of rotatable bonds is 6. The Morgan fingerprint density at radius 3 is 2.61 bits per heavy atom. The van der Waals surface area contributed by atoms with Crippen molar-refractivity contribution >= 4 is 18.3 Å². The molecule has 23 heavy (non-hydrogen) atoms. The first-order valence-corrected chi connectivity index (χ1v) is 7.37. The molecule has 0 radical (unpaired) electrons. The quantitative estimate of drug-likeness (QED) is 0.847. The molecule has 0 saturated carbocycles. The number of nitrogens with zero attached hydrogens (tertiary/aromatic N) is 2. The molecular formula is C16H22ClFN4O. The number of hydrogen-bond acceptors (Lipinski definition) is 3. The van der Waals surface area contributed by atoms with Gasteiger partial charge in [0.25, 0.3) is 5.91 Å². The molecule has 0 fully saturated rings. The Bertz CT molecular complexity index is 642. The fraction of sp³-hybridized carbons (Fsp3) is 0.375. The molecule has 1 heterocycles. The van der Waals surface area contributed by atoms with Crippen molar-refractivity contribution in [3.63, 3.8) is 0 Å². The minimum atomic E-state index is -0.303. The smallest absolute Gasteiger partial charge is 0.254 e. The molecule has 0 aliphatic carbocycles. The second-order valence-electron chi connectivity index (χ2n) is 5.30. The maximum atomic E-state index is 13.0. The van der Waals surface area contributed by atoms with E-state index in [0.717, 1.165) is 11.4 Å². The van der Waals surface area contributed by atoms with E-state index in [0.29, 0.717) is 25.1 Å². The zero-order chi connectivity index (χ0) is 16.1. The average molecular weight is 341 g/mol. The van der Waals surface area contributed by atoms with Crippen LogP contribution in [-0.4, -0.2) is 28.8 Å². The van der Waals surface area contributed by atoms with Crippen molar-refractivity contribution in [2.75, 3.05) is 13.1 Å². The first-order valence-electron chi connectivity index (χ1n) is 7.37. The average Bonchev–Trinajstić information content (AvgIpc) is 2.96. The van der Waals surface area contributed by atoms with E-state index < -0.39 is 0 Å². The summed E-state index contributed by atoms with van der Waals surface area (Å²) in [4.78, 5) is 12.3. The van der Waals surface area contributed by atoms with E-state index >= 15 is 0 Å². The minimum Gasteiger partial charge on any atom is -0.352 e. The third kappa shape index (κ3) is 4.53. The van der Waals surface area contributed by atoms with Crippen LogP contribution in [-0.2, 0) is 6.42 Å². The number of carbonyl (C=O) groups excluding carboxylic acids is 1. The number of nitrogens with two attached hydrogens (primary N) is 1. The molecule has 1 amide bonds. The van der Waals surface area contributed by atoms with Crippen molar-refractivity contribution < 1.29 is 9.18 Å². The van der Waals surface area contributed by atoms with Crippen LogP contribution >= 0.6 is 12.4 Å². The summed E-state index contributed by atoms with van der Waals surface area (Å²) in [5, 5.41) is 7.13. The molecule has 7 heteroatoms. The summed E-state index contributed by atoms with van der Waals surface area (Å²) < 4.78 is 14.7. The molecule has 1 aromatic carbocycles. The van der Waals surface area contributed by atoms with E-state index in [9.17, 15) is 9.18 Å². The van der Waals surface area contributed by atoms with Gasteiger partial charge in [0.15, 0.2) is 0 Å². The van der Waals surface area contributed by atoms with E-state index in [1.54, 1.807) is 23.0 Å². The Hall–Kier alpha value is -1.92. The molecule has 0 saturated heterocycles. The summed E-state index contributed by atoms with van der Waals surface area (Å²) in [6, 6.07) is 6.03. The van der Waals surface area contributed by atoms with E-state index in [1.807, 2.05) is 13.8 Å². The highest BCUT2D eigenvalue weighted by atomic mass is 35.5. The van der Waals surface area contributed by atoms with E-state index in [-0.39, 0.29) is 30.0 Å². The molecule has 3 N–H and O–H groups in total. The van der Waals surface area contributed by atoms with Crippen LogP contribution in [0.3, 0.4) is 0 Å². The largest absolute Gasteiger partial charge is 0.352 e. The van der Waals surface area contributed by atoms with Gasteiger partial charge in [0.2, 0.25) is 0 Å². The van der Waals surface area contributed by atoms with Gasteiger partial charge in [0, 0.05) is 6.54 Å². The zero-order valence-corrected chi connectivity index (χ0v) is 14.1. The number of hydrogen-bond donors (Lipinski definition) is 2. The maximum absolute atomic E-state index is 13.0. The molecule has 0 aliphatic heterocycles. The topological polar surface area (TPSA) is 72.9 Å². The van der Waals surface area contributed by atoms with Gasteiger partial charge < -0.3 is 11.1 Å². The van der Waals surface area contributed by atoms with E-state index in [4.69, 9.17) is 5.73 Å². The number of aromatic nitrogens is 2. The number of halogens is 2. The first-order chi connectivity index (χ1) is 10.6. The molecule has 0 spiro atoms. The first kappa shape index (κ1) is 19.1. The third-order valence-corrected chi connectivity index (χ3v) is 3.53. The second-order valence-corrected chi connectivity index (χ2v) is 5.30. The predicted octanol–water partition coefficient (Wildman–Crippen LogP) is 2.32. The number of carbonyl (C=O) groups is 1. The standard InChI is InChI=1S/C16H21FN4O.ClH/c1-3-15-14(16(22)19-9-11(2)8-18)10-20-21(15)13-6-4-12(17)5-7-13;/h4-7,10-11H,3,8-9,18H2,1-2H3,(H,19,22);1H. The van der Waals surface area contributed by atoms with Crippen molar-refractivity contribution in [2.24, 2.45) is 11.7 Å². The van der Waals surface area contributed by atoms with Crippen LogP contribution in [0.4, 0.5) is 4.39 Å². The Balaban J connectivity index is 0.00000264. The van der Waals surface area contributed by atoms with Crippen LogP contribution in [0.25, 0.3) is 5.69 Å². The highest BCUT2D eigenvalue weighted by Crippen LogP contribution is 2.16. The normalized spacial score (nSPS) is 11.7. The molecule has 0 aliphatic rings. The van der Waals surface area contributed by atoms with E-state index in [2.05, 4.69) is 10.4 Å². The molecule has 126 valence electrons. The van der Waals surface area contributed by atoms with Crippen molar-refractivity contribution in [2.45, 2.75) is 20.3 Å². The van der Waals surface area contributed by atoms with Crippen molar-refractivity contribution in [1.29, 1.82) is 0 Å². The number of benzene rings is 1. The van der Waals surface area contributed by atoms with Gasteiger partial charge in [-0.05, 0) is 43.1 Å². The fourth-order valence-electron chi connectivity index (χ4n) is 2.15. The summed E-state index contributed by atoms with van der Waals surface area (Å²) >= 11 is 0. The number of amides is 1. The predicted molar refractivity (Wildman–Crippen MR) is 90.7 cm³/mol. The summed E-state index contributed by atoms with van der Waals surface area (Å²) in [6.45, 7) is 4.98. The van der Waals surface area contributed by atoms with Crippen molar-refractivity contribution in [1.82, 2.24) is 15.1 Å². The lowest BCUT2D eigenvalue weighted by atomic mass is 10.1. The van der Waals surface area contributed by atoms with Gasteiger partial charge in [-0.15, -0.1) is 12.4 Å². The minimum absolute atomic E-state index is 0. The van der Waals surface area contributed by atoms with E-state index in [1.165, 1.54) is 12.1 Å². The van der Waals surface area contributed by atoms with Crippen LogP contribution in [0.2, 0.25) is 0 Å². The lowest BCUT2D eigenvalue weighted by Gasteiger charge is -2.11. The van der Waals surface area contributed by atoms with Gasteiger partial charge in [0.05, 0.1) is 23.1 Å². The zero-order valence-electron chi connectivity index (χ0n) is 13.3. The maximum Gasteiger partial charge on any atom is 0.254 e. The van der Waals surface area contributed by atoms with Gasteiger partial charge in [-0.25, -0.2) is 9.07 Å². The Morgan fingerprint density at radius 2 is 2.04 bits per heavy atom. The van der Waals surface area contributed by atoms with Gasteiger partial charge in [0.1, 0.15) is 5.82 Å². The monoisotopic (exact) mass is 340 g/mol. The van der Waals surface area contributed by atoms with Gasteiger partial charge in [-0.3, -0.25) is 4.79 Å². The van der Waals surface area contributed by atoms with Gasteiger partial charge in [-0.1, -0.05) is 13.8 Å². The third-order valence-electron chi connectivity index (χ3n) is 3.53. The Morgan fingerprint density at radius 1 is 1.39 bits per heavy atom. The second kappa shape index (κ2) is 8.64. The highest BCUT2D eigenvalue weighted by molar-refractivity contribution is 5.95. The molecule has 1 aromatic heterocycles. The Kier molecular flexibility index (Phi) is 7.19. The number of nitrogens with one attached hydrogen (secondary N) is 1. The Labute approximate surface area is 141 Å². The fourth-order valence-corrected chi connectivity index (χ4v) is 2.15. The molecule has 5 nitrogen and oxygen atoms in total. The summed E-state index contributed by atoms with van der Waals surface area (Å²) in [6.07, 6.45) is 2.19. The molecule has 2 rings (SSSR count). The molecule has 2 aromatic rings. The SMILES string of the molecule is CCc1c(C(=O)NCC(C)CN)cnn1-c1ccc(F)cc1.Cl. The molecule has 1 unspecified atom stereocenters. The lowest BCUT2D eigenvalue weighted by Crippen LogP contribution is -2.31. The molecule has 1 atom stereocenters.